The molecule has 1 heterocycles. The Hall–Kier alpha value is -1.48. The van der Waals surface area contributed by atoms with Crippen molar-refractivity contribution >= 4 is 10.9 Å². The van der Waals surface area contributed by atoms with Crippen LogP contribution in [0.2, 0.25) is 0 Å². The molecule has 1 aliphatic carbocycles. The maximum Gasteiger partial charge on any atom is 0.128 e. The smallest absolute Gasteiger partial charge is 0.128 e. The van der Waals surface area contributed by atoms with Gasteiger partial charge in [-0.3, -0.25) is 0 Å². The van der Waals surface area contributed by atoms with Gasteiger partial charge in [-0.1, -0.05) is 13.0 Å². The molecule has 0 atom stereocenters. The quantitative estimate of drug-likeness (QED) is 0.825. The molecule has 0 aliphatic heterocycles. The Morgan fingerprint density at radius 2 is 2.21 bits per heavy atom. The first kappa shape index (κ1) is 12.5. The van der Waals surface area contributed by atoms with Crippen LogP contribution in [-0.2, 0) is 6.54 Å². The first-order chi connectivity index (χ1) is 9.38. The number of fused-ring (bicyclic) bond motifs is 1. The second-order valence-electron chi connectivity index (χ2n) is 5.27. The van der Waals surface area contributed by atoms with Crippen LogP contribution in [0.1, 0.15) is 26.2 Å². The Morgan fingerprint density at radius 1 is 1.32 bits per heavy atom. The summed E-state index contributed by atoms with van der Waals surface area (Å²) in [5, 5.41) is 4.78. The number of hydrogen-bond donors (Lipinski definition) is 1. The molecule has 3 nitrogen and oxygen atoms in total. The fraction of sp³-hybridized carbons (Fsp3) is 0.500. The zero-order chi connectivity index (χ0) is 13.1. The molecule has 1 saturated carbocycles. The van der Waals surface area contributed by atoms with Gasteiger partial charge in [-0.05, 0) is 37.5 Å². The number of nitrogens with one attached hydrogen (secondary N) is 1. The molecular weight excluding hydrogens is 236 g/mol. The van der Waals surface area contributed by atoms with Crippen LogP contribution in [-0.4, -0.2) is 23.8 Å². The molecule has 1 aromatic heterocycles. The third kappa shape index (κ3) is 2.92. The van der Waals surface area contributed by atoms with Crippen LogP contribution in [0.25, 0.3) is 10.9 Å². The second-order valence-corrected chi connectivity index (χ2v) is 5.27. The van der Waals surface area contributed by atoms with Gasteiger partial charge < -0.3 is 14.6 Å². The van der Waals surface area contributed by atoms with E-state index < -0.39 is 0 Å². The molecule has 3 heteroatoms. The standard InChI is InChI=1S/C16H22N2O/c1-2-12-19-16-5-3-4-15-14(16)8-10-18(15)11-9-17-13-6-7-13/h3-5,8,10,13,17H,2,6-7,9,11-12H2,1H3. The maximum atomic E-state index is 5.81. The maximum absolute atomic E-state index is 5.81. The number of rotatable bonds is 7. The van der Waals surface area contributed by atoms with E-state index in [1.807, 2.05) is 0 Å². The molecule has 1 aliphatic rings. The highest BCUT2D eigenvalue weighted by Crippen LogP contribution is 2.26. The summed E-state index contributed by atoms with van der Waals surface area (Å²) in [6.45, 7) is 4.99. The minimum absolute atomic E-state index is 0.783. The summed E-state index contributed by atoms with van der Waals surface area (Å²) in [7, 11) is 0. The van der Waals surface area contributed by atoms with Crippen LogP contribution in [0.4, 0.5) is 0 Å². The predicted octanol–water partition coefficient (Wildman–Crippen LogP) is 3.18. The highest BCUT2D eigenvalue weighted by atomic mass is 16.5. The van der Waals surface area contributed by atoms with Crippen LogP contribution >= 0.6 is 0 Å². The van der Waals surface area contributed by atoms with Gasteiger partial charge in [0, 0.05) is 30.7 Å². The SMILES string of the molecule is CCCOc1cccc2c1ccn2CCNC1CC1. The minimum Gasteiger partial charge on any atom is -0.493 e. The van der Waals surface area contributed by atoms with Crippen LogP contribution in [0, 0.1) is 0 Å². The molecule has 19 heavy (non-hydrogen) atoms. The summed E-state index contributed by atoms with van der Waals surface area (Å²) in [5.74, 6) is 1.01. The van der Waals surface area contributed by atoms with E-state index in [0.29, 0.717) is 0 Å². The molecule has 102 valence electrons. The summed E-state index contributed by atoms with van der Waals surface area (Å²) in [4.78, 5) is 0. The molecular formula is C16H22N2O. The first-order valence-electron chi connectivity index (χ1n) is 7.32. The molecule has 1 aromatic carbocycles. The second kappa shape index (κ2) is 5.66. The molecule has 1 N–H and O–H groups in total. The number of nitrogens with zero attached hydrogens (tertiary/aromatic N) is 1. The van der Waals surface area contributed by atoms with Crippen molar-refractivity contribution < 1.29 is 4.74 Å². The summed E-state index contributed by atoms with van der Waals surface area (Å²) < 4.78 is 8.11. The molecule has 0 unspecified atom stereocenters. The van der Waals surface area contributed by atoms with Crippen LogP contribution in [0.3, 0.4) is 0 Å². The van der Waals surface area contributed by atoms with Crippen molar-refractivity contribution in [2.24, 2.45) is 0 Å². The fourth-order valence-electron chi connectivity index (χ4n) is 2.40. The van der Waals surface area contributed by atoms with Gasteiger partial charge >= 0.3 is 0 Å². The summed E-state index contributed by atoms with van der Waals surface area (Å²) in [6, 6.07) is 9.26. The topological polar surface area (TPSA) is 26.2 Å². The van der Waals surface area contributed by atoms with E-state index >= 15 is 0 Å². The number of hydrogen-bond acceptors (Lipinski definition) is 2. The summed E-state index contributed by atoms with van der Waals surface area (Å²) >= 11 is 0. The third-order valence-corrected chi connectivity index (χ3v) is 3.60. The Morgan fingerprint density at radius 3 is 3.00 bits per heavy atom. The lowest BCUT2D eigenvalue weighted by Gasteiger charge is -2.09. The van der Waals surface area contributed by atoms with Crippen LogP contribution in [0.5, 0.6) is 5.75 Å². The van der Waals surface area contributed by atoms with Crippen LogP contribution < -0.4 is 10.1 Å². The van der Waals surface area contributed by atoms with Crippen molar-refractivity contribution in [2.75, 3.05) is 13.2 Å². The molecule has 2 aromatic rings. The largest absolute Gasteiger partial charge is 0.493 e. The van der Waals surface area contributed by atoms with Gasteiger partial charge in [-0.15, -0.1) is 0 Å². The van der Waals surface area contributed by atoms with E-state index in [1.54, 1.807) is 0 Å². The number of ether oxygens (including phenoxy) is 1. The van der Waals surface area contributed by atoms with Gasteiger partial charge in [0.25, 0.3) is 0 Å². The Balaban J connectivity index is 1.73. The summed E-state index contributed by atoms with van der Waals surface area (Å²) in [5.41, 5.74) is 1.27. The molecule has 0 bridgehead atoms. The van der Waals surface area contributed by atoms with Gasteiger partial charge in [0.15, 0.2) is 0 Å². The lowest BCUT2D eigenvalue weighted by Crippen LogP contribution is -2.21. The predicted molar refractivity (Wildman–Crippen MR) is 78.7 cm³/mol. The molecule has 1 fully saturated rings. The van der Waals surface area contributed by atoms with Gasteiger partial charge in [-0.25, -0.2) is 0 Å². The minimum atomic E-state index is 0.783. The lowest BCUT2D eigenvalue weighted by atomic mass is 10.2. The molecule has 3 rings (SSSR count). The Bertz CT molecular complexity index is 543. The third-order valence-electron chi connectivity index (χ3n) is 3.60. The monoisotopic (exact) mass is 258 g/mol. The fourth-order valence-corrected chi connectivity index (χ4v) is 2.40. The Kier molecular flexibility index (Phi) is 3.74. The Labute approximate surface area is 114 Å². The van der Waals surface area contributed by atoms with Gasteiger partial charge in [0.1, 0.15) is 5.75 Å². The number of benzene rings is 1. The molecule has 0 spiro atoms. The van der Waals surface area contributed by atoms with Crippen LogP contribution in [0.15, 0.2) is 30.5 Å². The first-order valence-corrected chi connectivity index (χ1v) is 7.32. The lowest BCUT2D eigenvalue weighted by molar-refractivity contribution is 0.321. The van der Waals surface area contributed by atoms with E-state index in [2.05, 4.69) is 47.3 Å². The van der Waals surface area contributed by atoms with E-state index in [-0.39, 0.29) is 0 Å². The highest BCUT2D eigenvalue weighted by molar-refractivity contribution is 5.86. The number of aromatic nitrogens is 1. The zero-order valence-corrected chi connectivity index (χ0v) is 11.6. The van der Waals surface area contributed by atoms with Crippen molar-refractivity contribution in [3.8, 4) is 5.75 Å². The van der Waals surface area contributed by atoms with E-state index in [4.69, 9.17) is 4.74 Å². The van der Waals surface area contributed by atoms with Crippen molar-refractivity contribution in [3.05, 3.63) is 30.5 Å². The van der Waals surface area contributed by atoms with E-state index in [0.717, 1.165) is 37.9 Å². The average Bonchev–Trinajstić information content (AvgIpc) is 3.16. The van der Waals surface area contributed by atoms with E-state index in [1.165, 1.54) is 23.7 Å². The average molecular weight is 258 g/mol. The van der Waals surface area contributed by atoms with Crippen molar-refractivity contribution in [1.82, 2.24) is 9.88 Å². The molecule has 0 saturated heterocycles. The van der Waals surface area contributed by atoms with E-state index in [9.17, 15) is 0 Å². The highest BCUT2D eigenvalue weighted by Gasteiger charge is 2.19. The van der Waals surface area contributed by atoms with Gasteiger partial charge in [0.05, 0.1) is 12.1 Å². The van der Waals surface area contributed by atoms with Crippen molar-refractivity contribution in [1.29, 1.82) is 0 Å². The van der Waals surface area contributed by atoms with Gasteiger partial charge in [0.2, 0.25) is 0 Å². The summed E-state index contributed by atoms with van der Waals surface area (Å²) in [6.07, 6.45) is 5.91. The van der Waals surface area contributed by atoms with Crippen molar-refractivity contribution in [2.45, 2.75) is 38.8 Å². The molecule has 0 amide bonds. The zero-order valence-electron chi connectivity index (χ0n) is 11.6. The molecule has 0 radical (unpaired) electrons. The normalized spacial score (nSPS) is 15.0. The van der Waals surface area contributed by atoms with Gasteiger partial charge in [-0.2, -0.15) is 0 Å². The van der Waals surface area contributed by atoms with Crippen molar-refractivity contribution in [3.63, 3.8) is 0 Å².